The van der Waals surface area contributed by atoms with Gasteiger partial charge in [-0.1, -0.05) is 11.6 Å². The zero-order valence-electron chi connectivity index (χ0n) is 11.3. The molecular formula is C13H13ClN2O4S. The van der Waals surface area contributed by atoms with Crippen LogP contribution >= 0.6 is 11.6 Å². The largest absolute Gasteiger partial charge is 0.497 e. The Hall–Kier alpha value is -1.99. The van der Waals surface area contributed by atoms with Crippen LogP contribution in [0.5, 0.6) is 11.5 Å². The van der Waals surface area contributed by atoms with E-state index in [4.69, 9.17) is 21.1 Å². The van der Waals surface area contributed by atoms with Crippen molar-refractivity contribution in [3.05, 3.63) is 41.7 Å². The standard InChI is InChI=1S/C13H13ClN2O4S/c1-19-10-6-9(7-11(8-10)20-2)16-21(17,18)12-4-3-5-15-13(12)14/h3-8,16H,1-2H3. The Morgan fingerprint density at radius 2 is 1.76 bits per heavy atom. The molecule has 1 heterocycles. The van der Waals surface area contributed by atoms with Crippen LogP contribution in [0, 0.1) is 0 Å². The van der Waals surface area contributed by atoms with Gasteiger partial charge in [-0.2, -0.15) is 0 Å². The molecule has 0 aliphatic carbocycles. The van der Waals surface area contributed by atoms with Gasteiger partial charge in [-0.15, -0.1) is 0 Å². The molecule has 0 saturated heterocycles. The van der Waals surface area contributed by atoms with Gasteiger partial charge in [0.25, 0.3) is 10.0 Å². The number of ether oxygens (including phenoxy) is 2. The van der Waals surface area contributed by atoms with Crippen molar-refractivity contribution in [1.29, 1.82) is 0 Å². The van der Waals surface area contributed by atoms with E-state index in [0.717, 1.165) is 0 Å². The molecular weight excluding hydrogens is 316 g/mol. The number of sulfonamides is 1. The molecule has 0 saturated carbocycles. The molecule has 0 atom stereocenters. The van der Waals surface area contributed by atoms with Crippen LogP contribution in [0.15, 0.2) is 41.4 Å². The number of nitrogens with one attached hydrogen (secondary N) is 1. The maximum Gasteiger partial charge on any atom is 0.264 e. The van der Waals surface area contributed by atoms with Crippen LogP contribution < -0.4 is 14.2 Å². The fourth-order valence-corrected chi connectivity index (χ4v) is 3.14. The number of nitrogens with zero attached hydrogens (tertiary/aromatic N) is 1. The second-order valence-corrected chi connectivity index (χ2v) is 6.01. The van der Waals surface area contributed by atoms with Crippen LogP contribution in [0.4, 0.5) is 5.69 Å². The number of methoxy groups -OCH3 is 2. The Bertz CT molecular complexity index is 727. The fourth-order valence-electron chi connectivity index (χ4n) is 1.65. The number of rotatable bonds is 5. The average Bonchev–Trinajstić information content (AvgIpc) is 2.46. The van der Waals surface area contributed by atoms with Crippen molar-refractivity contribution < 1.29 is 17.9 Å². The maximum absolute atomic E-state index is 12.3. The highest BCUT2D eigenvalue weighted by molar-refractivity contribution is 7.92. The predicted molar refractivity (Wildman–Crippen MR) is 79.6 cm³/mol. The van der Waals surface area contributed by atoms with Crippen LogP contribution in [0.1, 0.15) is 0 Å². The molecule has 8 heteroatoms. The van der Waals surface area contributed by atoms with Gasteiger partial charge in [0.15, 0.2) is 0 Å². The average molecular weight is 329 g/mol. The minimum atomic E-state index is -3.85. The highest BCUT2D eigenvalue weighted by Gasteiger charge is 2.19. The third kappa shape index (κ3) is 3.56. The topological polar surface area (TPSA) is 77.5 Å². The summed E-state index contributed by atoms with van der Waals surface area (Å²) in [6, 6.07) is 7.56. The molecule has 1 N–H and O–H groups in total. The first-order valence-corrected chi connectivity index (χ1v) is 7.69. The minimum Gasteiger partial charge on any atom is -0.497 e. The molecule has 0 aliphatic rings. The molecule has 0 fully saturated rings. The van der Waals surface area contributed by atoms with E-state index in [1.54, 1.807) is 6.07 Å². The van der Waals surface area contributed by atoms with Crippen molar-refractivity contribution in [3.8, 4) is 11.5 Å². The highest BCUT2D eigenvalue weighted by atomic mass is 35.5. The Kier molecular flexibility index (Phi) is 4.54. The van der Waals surface area contributed by atoms with E-state index in [9.17, 15) is 8.42 Å². The summed E-state index contributed by atoms with van der Waals surface area (Å²) in [6.45, 7) is 0. The molecule has 112 valence electrons. The number of aromatic nitrogens is 1. The molecule has 0 bridgehead atoms. The zero-order chi connectivity index (χ0) is 15.5. The van der Waals surface area contributed by atoms with E-state index in [1.807, 2.05) is 0 Å². The molecule has 2 aromatic rings. The summed E-state index contributed by atoms with van der Waals surface area (Å²) >= 11 is 5.81. The Morgan fingerprint density at radius 1 is 1.14 bits per heavy atom. The summed E-state index contributed by atoms with van der Waals surface area (Å²) in [4.78, 5) is 3.65. The normalized spacial score (nSPS) is 11.0. The van der Waals surface area contributed by atoms with Gasteiger partial charge >= 0.3 is 0 Å². The molecule has 0 aliphatic heterocycles. The summed E-state index contributed by atoms with van der Waals surface area (Å²) in [5, 5.41) is -0.0974. The third-order valence-electron chi connectivity index (χ3n) is 2.62. The first kappa shape index (κ1) is 15.4. The van der Waals surface area contributed by atoms with E-state index in [-0.39, 0.29) is 10.0 Å². The van der Waals surface area contributed by atoms with Gasteiger partial charge in [-0.25, -0.2) is 13.4 Å². The van der Waals surface area contributed by atoms with E-state index in [0.29, 0.717) is 17.2 Å². The minimum absolute atomic E-state index is 0.0974. The number of pyridine rings is 1. The molecule has 1 aromatic carbocycles. The van der Waals surface area contributed by atoms with Gasteiger partial charge in [0.2, 0.25) is 0 Å². The Balaban J connectivity index is 2.39. The maximum atomic E-state index is 12.3. The van der Waals surface area contributed by atoms with E-state index in [1.165, 1.54) is 44.7 Å². The predicted octanol–water partition coefficient (Wildman–Crippen LogP) is 2.55. The highest BCUT2D eigenvalue weighted by Crippen LogP contribution is 2.28. The van der Waals surface area contributed by atoms with Crippen molar-refractivity contribution in [2.75, 3.05) is 18.9 Å². The smallest absolute Gasteiger partial charge is 0.264 e. The van der Waals surface area contributed by atoms with Crippen molar-refractivity contribution >= 4 is 27.3 Å². The molecule has 2 rings (SSSR count). The first-order valence-electron chi connectivity index (χ1n) is 5.82. The van der Waals surface area contributed by atoms with Crippen molar-refractivity contribution in [1.82, 2.24) is 4.98 Å². The second-order valence-electron chi connectivity index (χ2n) is 4.00. The fraction of sp³-hybridized carbons (Fsp3) is 0.154. The number of hydrogen-bond donors (Lipinski definition) is 1. The number of halogens is 1. The SMILES string of the molecule is COc1cc(NS(=O)(=O)c2cccnc2Cl)cc(OC)c1. The van der Waals surface area contributed by atoms with Crippen molar-refractivity contribution in [2.24, 2.45) is 0 Å². The van der Waals surface area contributed by atoms with Gasteiger partial charge in [0.1, 0.15) is 21.5 Å². The zero-order valence-corrected chi connectivity index (χ0v) is 12.9. The van der Waals surface area contributed by atoms with Crippen LogP contribution in [-0.2, 0) is 10.0 Å². The Morgan fingerprint density at radius 3 is 2.29 bits per heavy atom. The van der Waals surface area contributed by atoms with E-state index in [2.05, 4.69) is 9.71 Å². The summed E-state index contributed by atoms with van der Waals surface area (Å²) in [6.07, 6.45) is 1.41. The Labute approximate surface area is 127 Å². The summed E-state index contributed by atoms with van der Waals surface area (Å²) in [7, 11) is -0.895. The van der Waals surface area contributed by atoms with Crippen LogP contribution in [-0.4, -0.2) is 27.6 Å². The van der Waals surface area contributed by atoms with Gasteiger partial charge in [-0.05, 0) is 12.1 Å². The third-order valence-corrected chi connectivity index (χ3v) is 4.44. The van der Waals surface area contributed by atoms with Gasteiger partial charge in [-0.3, -0.25) is 4.72 Å². The first-order chi connectivity index (χ1) is 9.96. The molecule has 1 aromatic heterocycles. The second kappa shape index (κ2) is 6.19. The van der Waals surface area contributed by atoms with Crippen molar-refractivity contribution in [3.63, 3.8) is 0 Å². The number of benzene rings is 1. The summed E-state index contributed by atoms with van der Waals surface area (Å²) in [5.41, 5.74) is 0.297. The van der Waals surface area contributed by atoms with Gasteiger partial charge in [0.05, 0.1) is 19.9 Å². The number of anilines is 1. The van der Waals surface area contributed by atoms with E-state index < -0.39 is 10.0 Å². The van der Waals surface area contributed by atoms with Crippen LogP contribution in [0.2, 0.25) is 5.15 Å². The quantitative estimate of drug-likeness (QED) is 0.853. The van der Waals surface area contributed by atoms with Crippen LogP contribution in [0.3, 0.4) is 0 Å². The van der Waals surface area contributed by atoms with E-state index >= 15 is 0 Å². The van der Waals surface area contributed by atoms with Gasteiger partial charge < -0.3 is 9.47 Å². The lowest BCUT2D eigenvalue weighted by Crippen LogP contribution is -2.14. The molecule has 0 amide bonds. The lowest BCUT2D eigenvalue weighted by atomic mass is 10.3. The monoisotopic (exact) mass is 328 g/mol. The van der Waals surface area contributed by atoms with Crippen molar-refractivity contribution in [2.45, 2.75) is 4.90 Å². The van der Waals surface area contributed by atoms with Crippen LogP contribution in [0.25, 0.3) is 0 Å². The lowest BCUT2D eigenvalue weighted by molar-refractivity contribution is 0.395. The van der Waals surface area contributed by atoms with Gasteiger partial charge in [0, 0.05) is 24.4 Å². The molecule has 0 radical (unpaired) electrons. The molecule has 0 unspecified atom stereocenters. The number of hydrogen-bond acceptors (Lipinski definition) is 5. The molecule has 6 nitrogen and oxygen atoms in total. The lowest BCUT2D eigenvalue weighted by Gasteiger charge is -2.11. The molecule has 21 heavy (non-hydrogen) atoms. The summed E-state index contributed by atoms with van der Waals surface area (Å²) < 4.78 is 37.2. The summed E-state index contributed by atoms with van der Waals surface area (Å²) in [5.74, 6) is 0.925. The molecule has 0 spiro atoms.